The van der Waals surface area contributed by atoms with Gasteiger partial charge in [0, 0.05) is 0 Å². The van der Waals surface area contributed by atoms with Crippen LogP contribution < -0.4 is 0 Å². The summed E-state index contributed by atoms with van der Waals surface area (Å²) < 4.78 is 32.7. The minimum absolute atomic E-state index is 0.967. The molecule has 0 atom stereocenters. The summed E-state index contributed by atoms with van der Waals surface area (Å²) in [6.07, 6.45) is 1.93. The van der Waals surface area contributed by atoms with Crippen molar-refractivity contribution in [3.05, 3.63) is 0 Å². The van der Waals surface area contributed by atoms with Crippen LogP contribution in [-0.2, 0) is 10.00 Å². The SMILES string of the molecule is O=S1(O)(O)N=CC=N1. The van der Waals surface area contributed by atoms with Crippen molar-refractivity contribution in [3.8, 4) is 0 Å². The average Bonchev–Trinajstić information content (AvgIpc) is 1.81. The summed E-state index contributed by atoms with van der Waals surface area (Å²) in [6, 6.07) is 0. The van der Waals surface area contributed by atoms with Gasteiger partial charge in [-0.3, -0.25) is 9.11 Å². The molecule has 46 valence electrons. The van der Waals surface area contributed by atoms with E-state index in [2.05, 4.69) is 8.80 Å². The van der Waals surface area contributed by atoms with Crippen molar-refractivity contribution < 1.29 is 13.3 Å². The third-order valence-corrected chi connectivity index (χ3v) is 1.54. The van der Waals surface area contributed by atoms with Gasteiger partial charge >= 0.3 is 0 Å². The first-order valence-corrected chi connectivity index (χ1v) is 3.54. The zero-order chi connectivity index (χ0) is 6.28. The fraction of sp³-hybridized carbons (Fsp3) is 0. The fourth-order valence-corrected chi connectivity index (χ4v) is 0.884. The molecule has 1 aliphatic rings. The van der Waals surface area contributed by atoms with E-state index in [1.54, 1.807) is 0 Å². The molecule has 0 saturated carbocycles. The lowest BCUT2D eigenvalue weighted by molar-refractivity contribution is 0.396. The first kappa shape index (κ1) is 5.54. The Labute approximate surface area is 45.5 Å². The van der Waals surface area contributed by atoms with E-state index in [0.29, 0.717) is 0 Å². The van der Waals surface area contributed by atoms with Crippen molar-refractivity contribution in [3.63, 3.8) is 0 Å². The lowest BCUT2D eigenvalue weighted by Gasteiger charge is -2.14. The highest BCUT2D eigenvalue weighted by atomic mass is 32.3. The summed E-state index contributed by atoms with van der Waals surface area (Å²) >= 11 is 0. The fourth-order valence-electron chi connectivity index (χ4n) is 0.295. The number of hydrogen-bond acceptors (Lipinski definition) is 1. The number of rotatable bonds is 0. The van der Waals surface area contributed by atoms with E-state index >= 15 is 0 Å². The second-order valence-corrected chi connectivity index (χ2v) is 3.29. The molecular weight excluding hydrogens is 132 g/mol. The van der Waals surface area contributed by atoms with Crippen LogP contribution in [0, 0.1) is 0 Å². The molecule has 0 unspecified atom stereocenters. The van der Waals surface area contributed by atoms with E-state index in [4.69, 9.17) is 9.11 Å². The average molecular weight is 136 g/mol. The molecule has 0 fully saturated rings. The molecule has 0 saturated heterocycles. The smallest absolute Gasteiger partial charge is 0.275 e. The highest BCUT2D eigenvalue weighted by Crippen LogP contribution is 2.20. The molecule has 0 aromatic heterocycles. The molecule has 1 aliphatic heterocycles. The summed E-state index contributed by atoms with van der Waals surface area (Å²) in [5, 5.41) is 0. The van der Waals surface area contributed by atoms with Crippen LogP contribution in [0.2, 0.25) is 0 Å². The van der Waals surface area contributed by atoms with Gasteiger partial charge in [-0.25, -0.2) is 0 Å². The second-order valence-electron chi connectivity index (χ2n) is 1.30. The van der Waals surface area contributed by atoms with E-state index in [-0.39, 0.29) is 0 Å². The molecule has 0 aromatic rings. The molecule has 0 radical (unpaired) electrons. The Kier molecular flexibility index (Phi) is 0.723. The quantitative estimate of drug-likeness (QED) is 0.481. The Balaban J connectivity index is 3.22. The van der Waals surface area contributed by atoms with Crippen LogP contribution in [-0.4, -0.2) is 25.7 Å². The van der Waals surface area contributed by atoms with Gasteiger partial charge in [0.15, 0.2) is 0 Å². The highest BCUT2D eigenvalue weighted by Gasteiger charge is 2.27. The zero-order valence-corrected chi connectivity index (χ0v) is 4.58. The van der Waals surface area contributed by atoms with E-state index < -0.39 is 10.00 Å². The van der Waals surface area contributed by atoms with Crippen LogP contribution in [0.1, 0.15) is 0 Å². The summed E-state index contributed by atoms with van der Waals surface area (Å²) in [6.45, 7) is 0. The zero-order valence-electron chi connectivity index (χ0n) is 3.76. The van der Waals surface area contributed by atoms with Crippen LogP contribution in [0.4, 0.5) is 0 Å². The Bertz CT molecular complexity index is 205. The van der Waals surface area contributed by atoms with Gasteiger partial charge in [-0.15, -0.1) is 0 Å². The first-order valence-electron chi connectivity index (χ1n) is 1.75. The van der Waals surface area contributed by atoms with Gasteiger partial charge in [-0.05, 0) is 0 Å². The molecule has 6 heteroatoms. The van der Waals surface area contributed by atoms with E-state index in [1.165, 1.54) is 0 Å². The Morgan fingerprint density at radius 2 is 1.62 bits per heavy atom. The van der Waals surface area contributed by atoms with E-state index in [0.717, 1.165) is 12.4 Å². The minimum Gasteiger partial charge on any atom is -0.275 e. The van der Waals surface area contributed by atoms with Crippen molar-refractivity contribution >= 4 is 22.4 Å². The normalized spacial score (nSPS) is 34.0. The summed E-state index contributed by atoms with van der Waals surface area (Å²) in [4.78, 5) is 0. The van der Waals surface area contributed by atoms with Crippen LogP contribution in [0.3, 0.4) is 0 Å². The molecule has 8 heavy (non-hydrogen) atoms. The molecule has 5 nitrogen and oxygen atoms in total. The van der Waals surface area contributed by atoms with Crippen LogP contribution in [0.5, 0.6) is 0 Å². The molecule has 1 rings (SSSR count). The maximum absolute atomic E-state index is 10.3. The molecule has 2 N–H and O–H groups in total. The largest absolute Gasteiger partial charge is 0.276 e. The van der Waals surface area contributed by atoms with Crippen molar-refractivity contribution in [2.45, 2.75) is 0 Å². The number of hydrogen-bond donors (Lipinski definition) is 2. The number of nitrogens with zero attached hydrogens (tertiary/aromatic N) is 2. The topological polar surface area (TPSA) is 82.2 Å². The Hall–Kier alpha value is -0.590. The Morgan fingerprint density at radius 3 is 1.75 bits per heavy atom. The standard InChI is InChI=1S/C2H4N2O3S/c5-8(6,7)3-1-2-4-8/h1-2H,(H2,5,6,7). The van der Waals surface area contributed by atoms with Gasteiger partial charge in [-0.2, -0.15) is 13.0 Å². The lowest BCUT2D eigenvalue weighted by atomic mass is 10.9. The predicted octanol–water partition coefficient (Wildman–Crippen LogP) is -0.262. The first-order chi connectivity index (χ1) is 3.47. The van der Waals surface area contributed by atoms with Crippen LogP contribution >= 0.6 is 0 Å². The van der Waals surface area contributed by atoms with Crippen molar-refractivity contribution in [1.82, 2.24) is 0 Å². The molecular formula is C2H4N2O3S. The third kappa shape index (κ3) is 0.971. The van der Waals surface area contributed by atoms with E-state index in [1.807, 2.05) is 0 Å². The molecule has 0 amide bonds. The molecule has 0 bridgehead atoms. The lowest BCUT2D eigenvalue weighted by Crippen LogP contribution is -2.21. The van der Waals surface area contributed by atoms with Gasteiger partial charge in [0.1, 0.15) is 0 Å². The third-order valence-electron chi connectivity index (χ3n) is 0.557. The van der Waals surface area contributed by atoms with Gasteiger partial charge in [0.05, 0.1) is 12.4 Å². The van der Waals surface area contributed by atoms with Gasteiger partial charge < -0.3 is 0 Å². The van der Waals surface area contributed by atoms with Crippen LogP contribution in [0.25, 0.3) is 0 Å². The molecule has 0 aliphatic carbocycles. The van der Waals surface area contributed by atoms with Gasteiger partial charge in [0.25, 0.3) is 10.00 Å². The highest BCUT2D eigenvalue weighted by molar-refractivity contribution is 8.08. The molecule has 1 heterocycles. The van der Waals surface area contributed by atoms with Gasteiger partial charge in [-0.1, -0.05) is 0 Å². The predicted molar refractivity (Wildman–Crippen MR) is 30.4 cm³/mol. The van der Waals surface area contributed by atoms with Crippen molar-refractivity contribution in [1.29, 1.82) is 0 Å². The second kappa shape index (κ2) is 1.04. The maximum atomic E-state index is 10.3. The maximum Gasteiger partial charge on any atom is 0.276 e. The summed E-state index contributed by atoms with van der Waals surface area (Å²) in [5.41, 5.74) is 0. The van der Waals surface area contributed by atoms with Gasteiger partial charge in [0.2, 0.25) is 0 Å². The molecule has 0 aromatic carbocycles. The summed E-state index contributed by atoms with van der Waals surface area (Å²) in [7, 11) is -4.88. The minimum atomic E-state index is -4.88. The van der Waals surface area contributed by atoms with Crippen molar-refractivity contribution in [2.75, 3.05) is 0 Å². The monoisotopic (exact) mass is 136 g/mol. The van der Waals surface area contributed by atoms with E-state index in [9.17, 15) is 4.21 Å². The van der Waals surface area contributed by atoms with Crippen LogP contribution in [0.15, 0.2) is 8.80 Å². The Morgan fingerprint density at radius 1 is 1.25 bits per heavy atom. The summed E-state index contributed by atoms with van der Waals surface area (Å²) in [5.74, 6) is 0. The molecule has 0 spiro atoms. The van der Waals surface area contributed by atoms with Crippen molar-refractivity contribution in [2.24, 2.45) is 8.80 Å².